The number of aromatic nitrogens is 1. The zero-order valence-corrected chi connectivity index (χ0v) is 15.9. The highest BCUT2D eigenvalue weighted by atomic mass is 32.1. The Hall–Kier alpha value is -2.41. The fourth-order valence-corrected chi connectivity index (χ4v) is 2.96. The number of carbonyl (C=O) groups is 1. The maximum Gasteiger partial charge on any atom is 0.407 e. The Bertz CT molecular complexity index is 777. The molecule has 0 fully saturated rings. The molecule has 3 rings (SSSR count). The fraction of sp³-hybridized carbons (Fsp3) is 0.368. The van der Waals surface area contributed by atoms with E-state index in [1.165, 1.54) is 0 Å². The second-order valence-corrected chi connectivity index (χ2v) is 7.70. The number of ether oxygens (including phenoxy) is 2. The normalized spacial score (nSPS) is 19.1. The number of thiol groups is 1. The molecule has 6 nitrogen and oxygen atoms in total. The second-order valence-electron chi connectivity index (χ2n) is 7.14. The van der Waals surface area contributed by atoms with Crippen molar-refractivity contribution in [3.8, 4) is 11.6 Å². The van der Waals surface area contributed by atoms with Crippen LogP contribution < -0.4 is 15.4 Å². The zero-order valence-electron chi connectivity index (χ0n) is 15.0. The lowest BCUT2D eigenvalue weighted by Gasteiger charge is -2.32. The maximum absolute atomic E-state index is 12.1. The summed E-state index contributed by atoms with van der Waals surface area (Å²) in [5, 5.41) is 5.88. The first kappa shape index (κ1) is 18.4. The van der Waals surface area contributed by atoms with Crippen LogP contribution in [-0.2, 0) is 11.2 Å². The molecule has 1 amide bonds. The second kappa shape index (κ2) is 7.45. The van der Waals surface area contributed by atoms with Gasteiger partial charge in [0.1, 0.15) is 11.4 Å². The molecule has 2 N–H and O–H groups in total. The summed E-state index contributed by atoms with van der Waals surface area (Å²) in [6, 6.07) is 11.1. The van der Waals surface area contributed by atoms with Crippen LogP contribution in [-0.4, -0.2) is 28.1 Å². The molecule has 0 spiro atoms. The minimum Gasteiger partial charge on any atom is -0.444 e. The zero-order chi connectivity index (χ0) is 18.7. The highest BCUT2D eigenvalue weighted by molar-refractivity contribution is 7.81. The maximum atomic E-state index is 12.1. The van der Waals surface area contributed by atoms with Crippen LogP contribution in [0, 0.1) is 0 Å². The van der Waals surface area contributed by atoms with Crippen molar-refractivity contribution < 1.29 is 14.3 Å². The lowest BCUT2D eigenvalue weighted by Crippen LogP contribution is -2.49. The van der Waals surface area contributed by atoms with E-state index in [2.05, 4.69) is 28.2 Å². The molecule has 0 radical (unpaired) electrons. The van der Waals surface area contributed by atoms with Crippen LogP contribution in [0.2, 0.25) is 0 Å². The molecule has 0 unspecified atom stereocenters. The monoisotopic (exact) mass is 373 g/mol. The number of alkyl carbamates (subject to hydrolysis) is 1. The van der Waals surface area contributed by atoms with Crippen molar-refractivity contribution in [2.24, 2.45) is 0 Å². The van der Waals surface area contributed by atoms with E-state index in [0.717, 1.165) is 17.0 Å². The molecule has 1 aliphatic rings. The molecule has 0 saturated carbocycles. The Morgan fingerprint density at radius 3 is 2.73 bits per heavy atom. The number of benzene rings is 1. The van der Waals surface area contributed by atoms with Crippen LogP contribution in [0.4, 0.5) is 10.5 Å². The molecular weight excluding hydrogens is 350 g/mol. The lowest BCUT2D eigenvalue weighted by atomic mass is 10.0. The number of carbonyl (C=O) groups excluding carboxylic acids is 1. The molecule has 2 aromatic rings. The molecule has 1 aromatic carbocycles. The van der Waals surface area contributed by atoms with Gasteiger partial charge in [0, 0.05) is 6.07 Å². The summed E-state index contributed by atoms with van der Waals surface area (Å²) >= 11 is 4.53. The van der Waals surface area contributed by atoms with E-state index in [1.807, 2.05) is 57.2 Å². The number of rotatable bonds is 3. The summed E-state index contributed by atoms with van der Waals surface area (Å²) < 4.78 is 11.1. The molecule has 0 aliphatic carbocycles. The summed E-state index contributed by atoms with van der Waals surface area (Å²) in [5.74, 6) is 1.23. The highest BCUT2D eigenvalue weighted by Crippen LogP contribution is 2.30. The number of hydrogen-bond acceptors (Lipinski definition) is 6. The van der Waals surface area contributed by atoms with Crippen LogP contribution in [0.3, 0.4) is 0 Å². The van der Waals surface area contributed by atoms with Crippen molar-refractivity contribution in [3.63, 3.8) is 0 Å². The van der Waals surface area contributed by atoms with Crippen LogP contribution in [0.25, 0.3) is 0 Å². The van der Waals surface area contributed by atoms with Crippen LogP contribution in [0.1, 0.15) is 26.3 Å². The van der Waals surface area contributed by atoms with Crippen LogP contribution in [0.5, 0.6) is 11.6 Å². The van der Waals surface area contributed by atoms with Crippen molar-refractivity contribution in [2.75, 3.05) is 5.32 Å². The predicted molar refractivity (Wildman–Crippen MR) is 104 cm³/mol. The van der Waals surface area contributed by atoms with E-state index in [4.69, 9.17) is 9.47 Å². The number of para-hydroxylation sites is 1. The van der Waals surface area contributed by atoms with Crippen molar-refractivity contribution in [1.82, 2.24) is 10.3 Å². The number of amides is 1. The first-order chi connectivity index (χ1) is 12.3. The van der Waals surface area contributed by atoms with Gasteiger partial charge in [0.15, 0.2) is 0 Å². The highest BCUT2D eigenvalue weighted by Gasteiger charge is 2.29. The minimum atomic E-state index is -0.545. The number of hydrogen-bond donors (Lipinski definition) is 3. The summed E-state index contributed by atoms with van der Waals surface area (Å²) in [6.07, 6.45) is 1.87. The van der Waals surface area contributed by atoms with Crippen molar-refractivity contribution in [2.45, 2.75) is 44.2 Å². The Morgan fingerprint density at radius 2 is 2.04 bits per heavy atom. The summed E-state index contributed by atoms with van der Waals surface area (Å²) in [6.45, 7) is 5.49. The van der Waals surface area contributed by atoms with Crippen LogP contribution in [0.15, 0.2) is 42.6 Å². The quantitative estimate of drug-likeness (QED) is 0.710. The molecule has 1 aliphatic heterocycles. The van der Waals surface area contributed by atoms with Gasteiger partial charge in [0.25, 0.3) is 0 Å². The van der Waals surface area contributed by atoms with Gasteiger partial charge in [-0.05, 0) is 44.9 Å². The first-order valence-electron chi connectivity index (χ1n) is 8.46. The number of pyridine rings is 1. The van der Waals surface area contributed by atoms with Gasteiger partial charge in [-0.1, -0.05) is 18.2 Å². The molecule has 0 saturated heterocycles. The van der Waals surface area contributed by atoms with E-state index in [-0.39, 0.29) is 11.4 Å². The minimum absolute atomic E-state index is 0.215. The largest absolute Gasteiger partial charge is 0.444 e. The number of nitrogens with zero attached hydrogens (tertiary/aromatic N) is 1. The van der Waals surface area contributed by atoms with Gasteiger partial charge in [-0.25, -0.2) is 9.78 Å². The molecule has 138 valence electrons. The van der Waals surface area contributed by atoms with Gasteiger partial charge in [0.2, 0.25) is 5.88 Å². The molecular formula is C19H23N3O3S. The fourth-order valence-electron chi connectivity index (χ4n) is 2.64. The van der Waals surface area contributed by atoms with Gasteiger partial charge < -0.3 is 20.1 Å². The first-order valence-corrected chi connectivity index (χ1v) is 8.98. The molecule has 0 bridgehead atoms. The number of nitrogens with one attached hydrogen (secondary N) is 2. The van der Waals surface area contributed by atoms with Gasteiger partial charge in [-0.3, -0.25) is 0 Å². The molecule has 2 heterocycles. The Labute approximate surface area is 158 Å². The molecule has 7 heteroatoms. The van der Waals surface area contributed by atoms with E-state index in [1.54, 1.807) is 6.20 Å². The van der Waals surface area contributed by atoms with Crippen LogP contribution >= 0.6 is 12.6 Å². The number of anilines is 1. The Morgan fingerprint density at radius 1 is 1.31 bits per heavy atom. The topological polar surface area (TPSA) is 72.5 Å². The predicted octanol–water partition coefficient (Wildman–Crippen LogP) is 3.99. The average Bonchev–Trinajstić information content (AvgIpc) is 2.55. The number of fused-ring (bicyclic) bond motifs is 1. The van der Waals surface area contributed by atoms with Crippen molar-refractivity contribution >= 4 is 24.4 Å². The smallest absolute Gasteiger partial charge is 0.407 e. The van der Waals surface area contributed by atoms with E-state index in [9.17, 15) is 4.79 Å². The third-order valence-electron chi connectivity index (χ3n) is 3.76. The Kier molecular flexibility index (Phi) is 5.27. The van der Waals surface area contributed by atoms with Gasteiger partial charge in [0.05, 0.1) is 23.3 Å². The van der Waals surface area contributed by atoms with Gasteiger partial charge in [-0.2, -0.15) is 12.6 Å². The lowest BCUT2D eigenvalue weighted by molar-refractivity contribution is 0.0504. The average molecular weight is 373 g/mol. The van der Waals surface area contributed by atoms with E-state index < -0.39 is 11.7 Å². The van der Waals surface area contributed by atoms with Gasteiger partial charge in [-0.15, -0.1) is 0 Å². The Balaban J connectivity index is 1.71. The molecule has 2 atom stereocenters. The standard InChI is InChI=1S/C19H23N3O3S/c1-19(2,3)25-18(23)22-14-9-12-10-16(20-11-15(12)21-17(14)26)24-13-7-5-4-6-8-13/h4-8,10-11,14,17,21,26H,9H2,1-3H3,(H,22,23)/t14-,17-/m0/s1. The summed E-state index contributed by atoms with van der Waals surface area (Å²) in [4.78, 5) is 16.4. The third-order valence-corrected chi connectivity index (χ3v) is 4.25. The summed E-state index contributed by atoms with van der Waals surface area (Å²) in [7, 11) is 0. The summed E-state index contributed by atoms with van der Waals surface area (Å²) in [5.41, 5.74) is 1.33. The van der Waals surface area contributed by atoms with Crippen molar-refractivity contribution in [3.05, 3.63) is 48.2 Å². The van der Waals surface area contributed by atoms with E-state index >= 15 is 0 Å². The third kappa shape index (κ3) is 4.82. The van der Waals surface area contributed by atoms with E-state index in [0.29, 0.717) is 12.3 Å². The van der Waals surface area contributed by atoms with Gasteiger partial charge >= 0.3 is 6.09 Å². The van der Waals surface area contributed by atoms with Crippen molar-refractivity contribution in [1.29, 1.82) is 0 Å². The molecule has 1 aromatic heterocycles. The molecule has 26 heavy (non-hydrogen) atoms. The SMILES string of the molecule is CC(C)(C)OC(=O)N[C@H]1Cc2cc(Oc3ccccc3)ncc2N[C@H]1S.